The number of aliphatic hydroxyl groups is 1. The summed E-state index contributed by atoms with van der Waals surface area (Å²) in [6, 6.07) is 9.89. The van der Waals surface area contributed by atoms with E-state index in [1.54, 1.807) is 14.2 Å². The Morgan fingerprint density at radius 3 is 2.42 bits per heavy atom. The molecule has 0 radical (unpaired) electrons. The first-order chi connectivity index (χ1) is 11.5. The number of hydrogen-bond donors (Lipinski definition) is 4. The molecule has 6 heteroatoms. The molecule has 4 N–H and O–H groups in total. The van der Waals surface area contributed by atoms with Gasteiger partial charge in [0, 0.05) is 18.2 Å². The average molecular weight is 333 g/mol. The summed E-state index contributed by atoms with van der Waals surface area (Å²) in [5, 5.41) is 32.2. The summed E-state index contributed by atoms with van der Waals surface area (Å²) in [6.07, 6.45) is -0.0924. The molecule has 2 aromatic rings. The highest BCUT2D eigenvalue weighted by atomic mass is 16.5. The molecule has 0 amide bonds. The Balaban J connectivity index is 1.84. The molecule has 0 bridgehead atoms. The summed E-state index contributed by atoms with van der Waals surface area (Å²) in [6.45, 7) is 0.955. The lowest BCUT2D eigenvalue weighted by Gasteiger charge is -2.14. The third kappa shape index (κ3) is 4.53. The van der Waals surface area contributed by atoms with Crippen LogP contribution in [0.2, 0.25) is 0 Å². The van der Waals surface area contributed by atoms with Gasteiger partial charge in [-0.15, -0.1) is 0 Å². The van der Waals surface area contributed by atoms with Gasteiger partial charge in [0.25, 0.3) is 0 Å². The Kier molecular flexibility index (Phi) is 6.28. The minimum atomic E-state index is -0.851. The van der Waals surface area contributed by atoms with E-state index >= 15 is 0 Å². The molecule has 0 fully saturated rings. The molecule has 2 rings (SSSR count). The van der Waals surface area contributed by atoms with Crippen molar-refractivity contribution in [2.45, 2.75) is 12.5 Å². The van der Waals surface area contributed by atoms with Crippen molar-refractivity contribution in [3.63, 3.8) is 0 Å². The SMILES string of the molecule is COc1ccc(CCNCC(O)c2ccc(O)cc2O)cc1OC. The molecule has 1 atom stereocenters. The van der Waals surface area contributed by atoms with E-state index in [-0.39, 0.29) is 11.5 Å². The minimum absolute atomic E-state index is 0.0372. The lowest BCUT2D eigenvalue weighted by molar-refractivity contribution is 0.171. The summed E-state index contributed by atoms with van der Waals surface area (Å²) in [4.78, 5) is 0. The molecule has 24 heavy (non-hydrogen) atoms. The van der Waals surface area contributed by atoms with Gasteiger partial charge in [-0.05, 0) is 42.8 Å². The maximum Gasteiger partial charge on any atom is 0.160 e. The van der Waals surface area contributed by atoms with Crippen molar-refractivity contribution in [1.29, 1.82) is 0 Å². The molecule has 0 aliphatic heterocycles. The van der Waals surface area contributed by atoms with Gasteiger partial charge in [-0.2, -0.15) is 0 Å². The predicted molar refractivity (Wildman–Crippen MR) is 90.9 cm³/mol. The van der Waals surface area contributed by atoms with Crippen LogP contribution < -0.4 is 14.8 Å². The number of nitrogens with one attached hydrogen (secondary N) is 1. The van der Waals surface area contributed by atoms with Gasteiger partial charge in [0.2, 0.25) is 0 Å². The highest BCUT2D eigenvalue weighted by Crippen LogP contribution is 2.28. The van der Waals surface area contributed by atoms with Crippen LogP contribution in [-0.2, 0) is 6.42 Å². The molecule has 0 aromatic heterocycles. The maximum atomic E-state index is 10.1. The molecule has 0 spiro atoms. The average Bonchev–Trinajstić information content (AvgIpc) is 2.58. The van der Waals surface area contributed by atoms with E-state index in [1.165, 1.54) is 18.2 Å². The lowest BCUT2D eigenvalue weighted by atomic mass is 10.1. The molecule has 0 aliphatic carbocycles. The maximum absolute atomic E-state index is 10.1. The minimum Gasteiger partial charge on any atom is -0.508 e. The Labute approximate surface area is 141 Å². The van der Waals surface area contributed by atoms with Crippen molar-refractivity contribution >= 4 is 0 Å². The number of phenols is 2. The molecule has 0 saturated heterocycles. The van der Waals surface area contributed by atoms with Crippen molar-refractivity contribution in [3.05, 3.63) is 47.5 Å². The van der Waals surface area contributed by atoms with Crippen molar-refractivity contribution in [1.82, 2.24) is 5.32 Å². The van der Waals surface area contributed by atoms with Crippen molar-refractivity contribution in [3.8, 4) is 23.0 Å². The van der Waals surface area contributed by atoms with Gasteiger partial charge in [0.15, 0.2) is 11.5 Å². The van der Waals surface area contributed by atoms with Crippen LogP contribution in [0.15, 0.2) is 36.4 Å². The number of benzene rings is 2. The van der Waals surface area contributed by atoms with Gasteiger partial charge in [0.1, 0.15) is 11.5 Å². The van der Waals surface area contributed by atoms with Gasteiger partial charge < -0.3 is 30.1 Å². The van der Waals surface area contributed by atoms with E-state index in [0.29, 0.717) is 30.2 Å². The largest absolute Gasteiger partial charge is 0.508 e. The molecular weight excluding hydrogens is 310 g/mol. The van der Waals surface area contributed by atoms with Crippen LogP contribution in [-0.4, -0.2) is 42.6 Å². The second-order valence-electron chi connectivity index (χ2n) is 5.40. The first kappa shape index (κ1) is 17.9. The summed E-state index contributed by atoms with van der Waals surface area (Å²) < 4.78 is 10.5. The van der Waals surface area contributed by atoms with E-state index in [4.69, 9.17) is 9.47 Å². The van der Waals surface area contributed by atoms with Crippen molar-refractivity contribution in [2.75, 3.05) is 27.3 Å². The highest BCUT2D eigenvalue weighted by molar-refractivity contribution is 5.43. The number of phenolic OH excluding ortho intramolecular Hbond substituents is 2. The van der Waals surface area contributed by atoms with Crippen LogP contribution in [0.3, 0.4) is 0 Å². The smallest absolute Gasteiger partial charge is 0.160 e. The van der Waals surface area contributed by atoms with Gasteiger partial charge in [-0.1, -0.05) is 6.07 Å². The number of aromatic hydroxyl groups is 2. The summed E-state index contributed by atoms with van der Waals surface area (Å²) in [7, 11) is 3.19. The van der Waals surface area contributed by atoms with Crippen LogP contribution in [0.1, 0.15) is 17.2 Å². The Morgan fingerprint density at radius 1 is 1.00 bits per heavy atom. The third-order valence-corrected chi connectivity index (χ3v) is 3.75. The van der Waals surface area contributed by atoms with E-state index in [1.807, 2.05) is 18.2 Å². The predicted octanol–water partition coefficient (Wildman–Crippen LogP) is 1.98. The Bertz CT molecular complexity index is 674. The number of aliphatic hydroxyl groups excluding tert-OH is 1. The lowest BCUT2D eigenvalue weighted by Crippen LogP contribution is -2.23. The Hall–Kier alpha value is -2.44. The summed E-state index contributed by atoms with van der Waals surface area (Å²) in [5.74, 6) is 1.21. The van der Waals surface area contributed by atoms with Crippen LogP contribution in [0.5, 0.6) is 23.0 Å². The number of ether oxygens (including phenoxy) is 2. The fraction of sp³-hybridized carbons (Fsp3) is 0.333. The zero-order valence-corrected chi connectivity index (χ0v) is 13.8. The molecule has 0 saturated carbocycles. The van der Waals surface area contributed by atoms with Gasteiger partial charge >= 0.3 is 0 Å². The van der Waals surface area contributed by atoms with Crippen LogP contribution in [0, 0.1) is 0 Å². The van der Waals surface area contributed by atoms with E-state index < -0.39 is 6.10 Å². The molecule has 2 aromatic carbocycles. The van der Waals surface area contributed by atoms with Gasteiger partial charge in [-0.25, -0.2) is 0 Å². The molecule has 6 nitrogen and oxygen atoms in total. The Morgan fingerprint density at radius 2 is 1.75 bits per heavy atom. The van der Waals surface area contributed by atoms with Gasteiger partial charge in [-0.3, -0.25) is 0 Å². The number of rotatable bonds is 8. The fourth-order valence-corrected chi connectivity index (χ4v) is 2.43. The quantitative estimate of drug-likeness (QED) is 0.552. The van der Waals surface area contributed by atoms with E-state index in [9.17, 15) is 15.3 Å². The standard InChI is InChI=1S/C18H23NO5/c1-23-17-6-3-12(9-18(17)24-2)7-8-19-11-16(22)14-5-4-13(20)10-15(14)21/h3-6,9-10,16,19-22H,7-8,11H2,1-2H3. The number of hydrogen-bond acceptors (Lipinski definition) is 6. The van der Waals surface area contributed by atoms with Crippen LogP contribution in [0.25, 0.3) is 0 Å². The highest BCUT2D eigenvalue weighted by Gasteiger charge is 2.12. The third-order valence-electron chi connectivity index (χ3n) is 3.75. The zero-order valence-electron chi connectivity index (χ0n) is 13.8. The topological polar surface area (TPSA) is 91.2 Å². The second-order valence-corrected chi connectivity index (χ2v) is 5.40. The summed E-state index contributed by atoms with van der Waals surface area (Å²) >= 11 is 0. The first-order valence-electron chi connectivity index (χ1n) is 7.66. The molecular formula is C18H23NO5. The normalized spacial score (nSPS) is 12.0. The monoisotopic (exact) mass is 333 g/mol. The summed E-state index contributed by atoms with van der Waals surface area (Å²) in [5.41, 5.74) is 1.47. The molecule has 130 valence electrons. The van der Waals surface area contributed by atoms with Crippen LogP contribution >= 0.6 is 0 Å². The fourth-order valence-electron chi connectivity index (χ4n) is 2.43. The van der Waals surface area contributed by atoms with Crippen molar-refractivity contribution in [2.24, 2.45) is 0 Å². The second kappa shape index (κ2) is 8.42. The molecule has 0 aliphatic rings. The molecule has 1 unspecified atom stereocenters. The van der Waals surface area contributed by atoms with Gasteiger partial charge in [0.05, 0.1) is 20.3 Å². The zero-order chi connectivity index (χ0) is 17.5. The molecule has 0 heterocycles. The van der Waals surface area contributed by atoms with Crippen molar-refractivity contribution < 1.29 is 24.8 Å². The first-order valence-corrected chi connectivity index (χ1v) is 7.66. The van der Waals surface area contributed by atoms with E-state index in [0.717, 1.165) is 12.0 Å². The number of methoxy groups -OCH3 is 2. The van der Waals surface area contributed by atoms with E-state index in [2.05, 4.69) is 5.32 Å². The van der Waals surface area contributed by atoms with Crippen LogP contribution in [0.4, 0.5) is 0 Å².